The van der Waals surface area contributed by atoms with Crippen LogP contribution in [0.2, 0.25) is 0 Å². The van der Waals surface area contributed by atoms with Gasteiger partial charge in [-0.2, -0.15) is 0 Å². The van der Waals surface area contributed by atoms with Gasteiger partial charge in [0.2, 0.25) is 0 Å². The second-order valence-electron chi connectivity index (χ2n) is 5.65. The first kappa shape index (κ1) is 16.6. The van der Waals surface area contributed by atoms with Gasteiger partial charge in [0, 0.05) is 17.9 Å². The Kier molecular flexibility index (Phi) is 5.55. The Hall–Kier alpha value is -2.26. The molecule has 0 saturated carbocycles. The molecule has 0 spiro atoms. The SMILES string of the molecule is O=C(OCCCCCl)c1ccc2c(c1)CC(=Cc1ccccc1)O2. The molecule has 0 bridgehead atoms. The van der Waals surface area contributed by atoms with E-state index in [0.717, 1.165) is 35.5 Å². The largest absolute Gasteiger partial charge is 0.462 e. The van der Waals surface area contributed by atoms with Crippen molar-refractivity contribution in [1.29, 1.82) is 0 Å². The van der Waals surface area contributed by atoms with Crippen LogP contribution in [0.4, 0.5) is 0 Å². The fraction of sp³-hybridized carbons (Fsp3) is 0.250. The maximum Gasteiger partial charge on any atom is 0.338 e. The molecule has 0 amide bonds. The van der Waals surface area contributed by atoms with Gasteiger partial charge >= 0.3 is 5.97 Å². The zero-order valence-corrected chi connectivity index (χ0v) is 14.1. The average Bonchev–Trinajstić information content (AvgIpc) is 3.00. The summed E-state index contributed by atoms with van der Waals surface area (Å²) < 4.78 is 11.1. The molecule has 24 heavy (non-hydrogen) atoms. The van der Waals surface area contributed by atoms with Crippen molar-refractivity contribution in [2.45, 2.75) is 19.3 Å². The highest BCUT2D eigenvalue weighted by atomic mass is 35.5. The number of ether oxygens (including phenoxy) is 2. The van der Waals surface area contributed by atoms with Gasteiger partial charge in [-0.25, -0.2) is 4.79 Å². The third kappa shape index (κ3) is 4.18. The zero-order chi connectivity index (χ0) is 16.8. The fourth-order valence-corrected chi connectivity index (χ4v) is 2.76. The minimum Gasteiger partial charge on any atom is -0.462 e. The summed E-state index contributed by atoms with van der Waals surface area (Å²) in [5, 5.41) is 0. The lowest BCUT2D eigenvalue weighted by Gasteiger charge is -2.05. The molecule has 1 heterocycles. The number of hydrogen-bond acceptors (Lipinski definition) is 3. The molecule has 0 unspecified atom stereocenters. The first-order valence-electron chi connectivity index (χ1n) is 8.06. The van der Waals surface area contributed by atoms with E-state index < -0.39 is 0 Å². The third-order valence-corrected chi connectivity index (χ3v) is 4.06. The lowest BCUT2D eigenvalue weighted by molar-refractivity contribution is 0.0500. The molecule has 4 heteroatoms. The molecule has 2 aromatic carbocycles. The zero-order valence-electron chi connectivity index (χ0n) is 13.3. The topological polar surface area (TPSA) is 35.5 Å². The highest BCUT2D eigenvalue weighted by molar-refractivity contribution is 6.17. The average molecular weight is 343 g/mol. The van der Waals surface area contributed by atoms with Crippen LogP contribution in [0, 0.1) is 0 Å². The number of alkyl halides is 1. The van der Waals surface area contributed by atoms with Crippen LogP contribution in [-0.4, -0.2) is 18.5 Å². The maximum atomic E-state index is 12.1. The van der Waals surface area contributed by atoms with Crippen LogP contribution in [0.1, 0.15) is 34.3 Å². The van der Waals surface area contributed by atoms with Gasteiger partial charge in [0.15, 0.2) is 0 Å². The molecule has 1 aliphatic heterocycles. The van der Waals surface area contributed by atoms with Crippen molar-refractivity contribution in [3.63, 3.8) is 0 Å². The Bertz CT molecular complexity index is 738. The molecule has 124 valence electrons. The van der Waals surface area contributed by atoms with E-state index in [9.17, 15) is 4.79 Å². The summed E-state index contributed by atoms with van der Waals surface area (Å²) in [6.07, 6.45) is 4.33. The first-order valence-corrected chi connectivity index (χ1v) is 8.59. The predicted molar refractivity (Wildman–Crippen MR) is 95.4 cm³/mol. The molecule has 0 aromatic heterocycles. The van der Waals surface area contributed by atoms with E-state index >= 15 is 0 Å². The maximum absolute atomic E-state index is 12.1. The Morgan fingerprint density at radius 2 is 2.00 bits per heavy atom. The Morgan fingerprint density at radius 1 is 1.17 bits per heavy atom. The van der Waals surface area contributed by atoms with Gasteiger partial charge in [0.05, 0.1) is 12.2 Å². The van der Waals surface area contributed by atoms with Gasteiger partial charge in [-0.3, -0.25) is 0 Å². The molecule has 0 saturated heterocycles. The lowest BCUT2D eigenvalue weighted by Crippen LogP contribution is -2.06. The minimum atomic E-state index is -0.298. The molecule has 0 aliphatic carbocycles. The van der Waals surface area contributed by atoms with Crippen molar-refractivity contribution in [3.05, 3.63) is 71.0 Å². The molecule has 1 aliphatic rings. The molecular formula is C20H19ClO3. The van der Waals surface area contributed by atoms with Crippen molar-refractivity contribution in [2.24, 2.45) is 0 Å². The van der Waals surface area contributed by atoms with Crippen molar-refractivity contribution < 1.29 is 14.3 Å². The Morgan fingerprint density at radius 3 is 2.79 bits per heavy atom. The van der Waals surface area contributed by atoms with Gasteiger partial charge in [-0.05, 0) is 42.7 Å². The second kappa shape index (κ2) is 8.02. The number of fused-ring (bicyclic) bond motifs is 1. The summed E-state index contributed by atoms with van der Waals surface area (Å²) in [6, 6.07) is 15.5. The number of allylic oxidation sites excluding steroid dienone is 1. The normalized spacial score (nSPS) is 14.3. The highest BCUT2D eigenvalue weighted by Crippen LogP contribution is 2.32. The molecule has 0 atom stereocenters. The standard InChI is InChI=1S/C20H19ClO3/c21-10-4-5-11-23-20(22)16-8-9-19-17(13-16)14-18(24-19)12-15-6-2-1-3-7-15/h1-3,6-9,12-13H,4-5,10-11,14H2. The second-order valence-corrected chi connectivity index (χ2v) is 6.03. The number of unbranched alkanes of at least 4 members (excludes halogenated alkanes) is 1. The monoisotopic (exact) mass is 342 g/mol. The highest BCUT2D eigenvalue weighted by Gasteiger charge is 2.19. The Labute approximate surface area is 146 Å². The van der Waals surface area contributed by atoms with Crippen LogP contribution in [-0.2, 0) is 11.2 Å². The Balaban J connectivity index is 1.65. The molecule has 0 radical (unpaired) electrons. The van der Waals surface area contributed by atoms with E-state index in [4.69, 9.17) is 21.1 Å². The number of carbonyl (C=O) groups is 1. The molecule has 2 aromatic rings. The van der Waals surface area contributed by atoms with E-state index in [0.29, 0.717) is 24.5 Å². The first-order chi connectivity index (χ1) is 11.8. The quantitative estimate of drug-likeness (QED) is 0.428. The number of carbonyl (C=O) groups excluding carboxylic acids is 1. The number of hydrogen-bond donors (Lipinski definition) is 0. The van der Waals surface area contributed by atoms with Crippen LogP contribution in [0.25, 0.3) is 6.08 Å². The van der Waals surface area contributed by atoms with Crippen molar-refractivity contribution in [2.75, 3.05) is 12.5 Å². The molecule has 3 nitrogen and oxygen atoms in total. The van der Waals surface area contributed by atoms with Crippen LogP contribution in [0.3, 0.4) is 0 Å². The van der Waals surface area contributed by atoms with Crippen LogP contribution in [0.15, 0.2) is 54.3 Å². The predicted octanol–water partition coefficient (Wildman–Crippen LogP) is 4.84. The number of rotatable bonds is 6. The number of halogens is 1. The van der Waals surface area contributed by atoms with Crippen molar-refractivity contribution >= 4 is 23.6 Å². The van der Waals surface area contributed by atoms with E-state index in [-0.39, 0.29) is 5.97 Å². The summed E-state index contributed by atoms with van der Waals surface area (Å²) in [7, 11) is 0. The fourth-order valence-electron chi connectivity index (χ4n) is 2.57. The third-order valence-electron chi connectivity index (χ3n) is 3.79. The van der Waals surface area contributed by atoms with E-state index in [1.165, 1.54) is 0 Å². The van der Waals surface area contributed by atoms with Crippen LogP contribution in [0.5, 0.6) is 5.75 Å². The van der Waals surface area contributed by atoms with Gasteiger partial charge < -0.3 is 9.47 Å². The van der Waals surface area contributed by atoms with Crippen LogP contribution >= 0.6 is 11.6 Å². The van der Waals surface area contributed by atoms with Gasteiger partial charge in [0.1, 0.15) is 11.5 Å². The van der Waals surface area contributed by atoms with Gasteiger partial charge in [-0.15, -0.1) is 11.6 Å². The summed E-state index contributed by atoms with van der Waals surface area (Å²) in [5.74, 6) is 1.97. The van der Waals surface area contributed by atoms with E-state index in [1.54, 1.807) is 6.07 Å². The molecule has 0 fully saturated rings. The van der Waals surface area contributed by atoms with Crippen molar-refractivity contribution in [3.8, 4) is 5.75 Å². The van der Waals surface area contributed by atoms with Crippen LogP contribution < -0.4 is 4.74 Å². The summed E-state index contributed by atoms with van der Waals surface area (Å²) in [5.41, 5.74) is 2.66. The van der Waals surface area contributed by atoms with Gasteiger partial charge in [0.25, 0.3) is 0 Å². The number of benzene rings is 2. The lowest BCUT2D eigenvalue weighted by atomic mass is 10.1. The molecule has 3 rings (SSSR count). The number of esters is 1. The van der Waals surface area contributed by atoms with E-state index in [2.05, 4.69) is 0 Å². The summed E-state index contributed by atoms with van der Waals surface area (Å²) in [4.78, 5) is 12.1. The molecule has 0 N–H and O–H groups in total. The van der Waals surface area contributed by atoms with Crippen molar-refractivity contribution in [1.82, 2.24) is 0 Å². The minimum absolute atomic E-state index is 0.298. The smallest absolute Gasteiger partial charge is 0.338 e. The van der Waals surface area contributed by atoms with Gasteiger partial charge in [-0.1, -0.05) is 30.3 Å². The summed E-state index contributed by atoms with van der Waals surface area (Å²) in [6.45, 7) is 0.401. The molecular weight excluding hydrogens is 324 g/mol. The van der Waals surface area contributed by atoms with E-state index in [1.807, 2.05) is 48.5 Å². The summed E-state index contributed by atoms with van der Waals surface area (Å²) >= 11 is 5.61.